The molecular weight excluding hydrogens is 186 g/mol. The quantitative estimate of drug-likeness (QED) is 0.814. The van der Waals surface area contributed by atoms with Crippen molar-refractivity contribution in [3.63, 3.8) is 0 Å². The first-order chi connectivity index (χ1) is 6.73. The Balaban J connectivity index is 3.24. The molecule has 0 bridgehead atoms. The Hall–Kier alpha value is -0.830. The van der Waals surface area contributed by atoms with Crippen molar-refractivity contribution in [2.45, 2.75) is 59.0 Å². The fourth-order valence-electron chi connectivity index (χ4n) is 1.59. The molecule has 0 saturated heterocycles. The van der Waals surface area contributed by atoms with E-state index < -0.39 is 0 Å². The van der Waals surface area contributed by atoms with Gasteiger partial charge in [-0.3, -0.25) is 4.68 Å². The first-order valence-electron chi connectivity index (χ1n) is 5.59. The molecule has 0 aliphatic carbocycles. The van der Waals surface area contributed by atoms with E-state index in [4.69, 9.17) is 5.73 Å². The molecule has 0 aliphatic rings. The van der Waals surface area contributed by atoms with Crippen molar-refractivity contribution < 1.29 is 0 Å². The van der Waals surface area contributed by atoms with Crippen LogP contribution in [0, 0.1) is 0 Å². The van der Waals surface area contributed by atoms with Gasteiger partial charge >= 0.3 is 0 Å². The Labute approximate surface area is 92.7 Å². The van der Waals surface area contributed by atoms with Gasteiger partial charge in [0.05, 0.1) is 11.2 Å². The summed E-state index contributed by atoms with van der Waals surface area (Å²) in [6, 6.07) is 2.13. The maximum atomic E-state index is 5.86. The summed E-state index contributed by atoms with van der Waals surface area (Å²) in [6.45, 7) is 12.8. The van der Waals surface area contributed by atoms with Crippen molar-refractivity contribution in [2.75, 3.05) is 0 Å². The Morgan fingerprint density at radius 1 is 1.27 bits per heavy atom. The molecule has 0 saturated carbocycles. The van der Waals surface area contributed by atoms with Crippen molar-refractivity contribution in [3.05, 3.63) is 17.5 Å². The fraction of sp³-hybridized carbons (Fsp3) is 0.750. The highest BCUT2D eigenvalue weighted by molar-refractivity contribution is 5.17. The summed E-state index contributed by atoms with van der Waals surface area (Å²) >= 11 is 0. The van der Waals surface area contributed by atoms with Crippen LogP contribution < -0.4 is 5.73 Å². The Bertz CT molecular complexity index is 329. The van der Waals surface area contributed by atoms with E-state index in [0.717, 1.165) is 5.69 Å². The summed E-state index contributed by atoms with van der Waals surface area (Å²) in [6.07, 6.45) is 0. The van der Waals surface area contributed by atoms with Crippen LogP contribution >= 0.6 is 0 Å². The van der Waals surface area contributed by atoms with Crippen molar-refractivity contribution in [3.8, 4) is 0 Å². The maximum Gasteiger partial charge on any atom is 0.0792 e. The van der Waals surface area contributed by atoms with E-state index in [0.29, 0.717) is 5.92 Å². The molecule has 0 fully saturated rings. The van der Waals surface area contributed by atoms with Crippen LogP contribution in [0.15, 0.2) is 6.07 Å². The molecule has 1 unspecified atom stereocenters. The molecule has 0 aromatic carbocycles. The number of nitrogens with zero attached hydrogens (tertiary/aromatic N) is 2. The van der Waals surface area contributed by atoms with Crippen LogP contribution in [0.3, 0.4) is 0 Å². The second kappa shape index (κ2) is 3.97. The van der Waals surface area contributed by atoms with Gasteiger partial charge in [0.2, 0.25) is 0 Å². The highest BCUT2D eigenvalue weighted by atomic mass is 15.3. The van der Waals surface area contributed by atoms with E-state index in [2.05, 4.69) is 50.5 Å². The molecule has 3 heteroatoms. The van der Waals surface area contributed by atoms with Crippen molar-refractivity contribution in [2.24, 2.45) is 5.73 Å². The SMILES string of the molecule is CC(C)c1cc(C(C)N)nn1C(C)(C)C. The summed E-state index contributed by atoms with van der Waals surface area (Å²) in [5, 5.41) is 4.59. The van der Waals surface area contributed by atoms with E-state index in [-0.39, 0.29) is 11.6 Å². The second-order valence-electron chi connectivity index (χ2n) is 5.52. The number of rotatable bonds is 2. The highest BCUT2D eigenvalue weighted by Gasteiger charge is 2.21. The number of aromatic nitrogens is 2. The molecule has 1 rings (SSSR count). The highest BCUT2D eigenvalue weighted by Crippen LogP contribution is 2.24. The van der Waals surface area contributed by atoms with Gasteiger partial charge in [0, 0.05) is 11.7 Å². The third-order valence-electron chi connectivity index (χ3n) is 2.45. The summed E-state index contributed by atoms with van der Waals surface area (Å²) in [5.74, 6) is 0.476. The maximum absolute atomic E-state index is 5.86. The molecule has 1 atom stereocenters. The summed E-state index contributed by atoms with van der Waals surface area (Å²) in [5.41, 5.74) is 8.12. The molecule has 15 heavy (non-hydrogen) atoms. The molecule has 86 valence electrons. The molecular formula is C12H23N3. The van der Waals surface area contributed by atoms with E-state index in [1.807, 2.05) is 6.92 Å². The van der Waals surface area contributed by atoms with Gasteiger partial charge in [-0.25, -0.2) is 0 Å². The van der Waals surface area contributed by atoms with Crippen LogP contribution in [0.4, 0.5) is 0 Å². The zero-order valence-electron chi connectivity index (χ0n) is 10.7. The average Bonchev–Trinajstić information content (AvgIpc) is 2.45. The lowest BCUT2D eigenvalue weighted by Crippen LogP contribution is -2.26. The normalized spacial score (nSPS) is 14.7. The minimum atomic E-state index is 0.00565. The molecule has 2 N–H and O–H groups in total. The van der Waals surface area contributed by atoms with Crippen LogP contribution in [0.25, 0.3) is 0 Å². The smallest absolute Gasteiger partial charge is 0.0792 e. The first kappa shape index (κ1) is 12.2. The lowest BCUT2D eigenvalue weighted by atomic mass is 10.1. The van der Waals surface area contributed by atoms with Crippen LogP contribution in [0.2, 0.25) is 0 Å². The minimum Gasteiger partial charge on any atom is -0.323 e. The van der Waals surface area contributed by atoms with Gasteiger partial charge in [-0.1, -0.05) is 13.8 Å². The molecule has 3 nitrogen and oxygen atoms in total. The van der Waals surface area contributed by atoms with Crippen LogP contribution in [0.5, 0.6) is 0 Å². The van der Waals surface area contributed by atoms with Gasteiger partial charge in [-0.05, 0) is 39.7 Å². The topological polar surface area (TPSA) is 43.8 Å². The summed E-state index contributed by atoms with van der Waals surface area (Å²) in [4.78, 5) is 0. The van der Waals surface area contributed by atoms with E-state index in [1.165, 1.54) is 5.69 Å². The van der Waals surface area contributed by atoms with Gasteiger partial charge in [0.15, 0.2) is 0 Å². The Morgan fingerprint density at radius 2 is 1.80 bits per heavy atom. The standard InChI is InChI=1S/C12H23N3/c1-8(2)11-7-10(9(3)13)14-15(11)12(4,5)6/h7-9H,13H2,1-6H3. The van der Waals surface area contributed by atoms with Crippen molar-refractivity contribution in [1.29, 1.82) is 0 Å². The molecule has 0 radical (unpaired) electrons. The summed E-state index contributed by atoms with van der Waals surface area (Å²) in [7, 11) is 0. The first-order valence-corrected chi connectivity index (χ1v) is 5.59. The molecule has 1 aromatic heterocycles. The molecule has 1 aromatic rings. The largest absolute Gasteiger partial charge is 0.323 e. The molecule has 0 amide bonds. The molecule has 0 spiro atoms. The lowest BCUT2D eigenvalue weighted by Gasteiger charge is -2.23. The van der Waals surface area contributed by atoms with Crippen molar-refractivity contribution >= 4 is 0 Å². The third-order valence-corrected chi connectivity index (χ3v) is 2.45. The average molecular weight is 209 g/mol. The van der Waals surface area contributed by atoms with Gasteiger partial charge < -0.3 is 5.73 Å². The van der Waals surface area contributed by atoms with Gasteiger partial charge in [-0.2, -0.15) is 5.10 Å². The Morgan fingerprint density at radius 3 is 2.07 bits per heavy atom. The third kappa shape index (κ3) is 2.59. The Kier molecular flexibility index (Phi) is 3.24. The second-order valence-corrected chi connectivity index (χ2v) is 5.52. The van der Waals surface area contributed by atoms with Crippen LogP contribution in [0.1, 0.15) is 64.9 Å². The van der Waals surface area contributed by atoms with Crippen LogP contribution in [-0.2, 0) is 5.54 Å². The monoisotopic (exact) mass is 209 g/mol. The fourth-order valence-corrected chi connectivity index (χ4v) is 1.59. The predicted molar refractivity (Wildman–Crippen MR) is 63.9 cm³/mol. The zero-order valence-corrected chi connectivity index (χ0v) is 10.7. The van der Waals surface area contributed by atoms with Crippen LogP contribution in [-0.4, -0.2) is 9.78 Å². The van der Waals surface area contributed by atoms with Gasteiger partial charge in [-0.15, -0.1) is 0 Å². The predicted octanol–water partition coefficient (Wildman–Crippen LogP) is 2.78. The van der Waals surface area contributed by atoms with E-state index in [1.54, 1.807) is 0 Å². The number of hydrogen-bond acceptors (Lipinski definition) is 2. The number of nitrogens with two attached hydrogens (primary N) is 1. The van der Waals surface area contributed by atoms with Crippen molar-refractivity contribution in [1.82, 2.24) is 9.78 Å². The van der Waals surface area contributed by atoms with E-state index >= 15 is 0 Å². The van der Waals surface area contributed by atoms with Gasteiger partial charge in [0.1, 0.15) is 0 Å². The molecule has 1 heterocycles. The minimum absolute atomic E-state index is 0.00565. The molecule has 0 aliphatic heterocycles. The summed E-state index contributed by atoms with van der Waals surface area (Å²) < 4.78 is 2.09. The zero-order chi connectivity index (χ0) is 11.8. The number of hydrogen-bond donors (Lipinski definition) is 1. The van der Waals surface area contributed by atoms with Gasteiger partial charge in [0.25, 0.3) is 0 Å². The van der Waals surface area contributed by atoms with E-state index in [9.17, 15) is 0 Å². The lowest BCUT2D eigenvalue weighted by molar-refractivity contribution is 0.336.